The summed E-state index contributed by atoms with van der Waals surface area (Å²) in [6, 6.07) is 6.40. The zero-order chi connectivity index (χ0) is 22.1. The van der Waals surface area contributed by atoms with Crippen molar-refractivity contribution >= 4 is 34.5 Å². The molecule has 1 heterocycles. The van der Waals surface area contributed by atoms with Gasteiger partial charge in [0.15, 0.2) is 0 Å². The maximum absolute atomic E-state index is 13.2. The molecule has 0 unspecified atom stereocenters. The molecule has 0 aliphatic heterocycles. The van der Waals surface area contributed by atoms with Crippen LogP contribution in [0.15, 0.2) is 36.4 Å². The van der Waals surface area contributed by atoms with Crippen molar-refractivity contribution in [2.45, 2.75) is 12.2 Å². The van der Waals surface area contributed by atoms with E-state index in [1.165, 1.54) is 7.11 Å². The quantitative estimate of drug-likeness (QED) is 0.535. The standard InChI is InChI=1S/C19H15ClF3N3O4/c1-30-8-15(16-24-13-5-3-10(20)7-14(13)25-16)26-17(27)9-2-4-11(18(28)29)12(6-9)19(21,22)23/h2-7,15H,8H2,1H3,(H,24,25)(H,26,27)(H,28,29)/t15-/m0/s1. The molecule has 1 amide bonds. The number of nitrogens with one attached hydrogen (secondary N) is 2. The molecule has 0 bridgehead atoms. The number of alkyl halides is 3. The van der Waals surface area contributed by atoms with Crippen molar-refractivity contribution in [3.63, 3.8) is 0 Å². The third kappa shape index (κ3) is 4.55. The number of halogens is 4. The molecule has 0 radical (unpaired) electrons. The molecule has 30 heavy (non-hydrogen) atoms. The fourth-order valence-corrected chi connectivity index (χ4v) is 3.04. The average molecular weight is 442 g/mol. The first kappa shape index (κ1) is 21.6. The van der Waals surface area contributed by atoms with Crippen LogP contribution in [0.3, 0.4) is 0 Å². The van der Waals surface area contributed by atoms with Crippen LogP contribution in [-0.2, 0) is 10.9 Å². The van der Waals surface area contributed by atoms with Crippen LogP contribution in [0.4, 0.5) is 13.2 Å². The number of fused-ring (bicyclic) bond motifs is 1. The number of carboxylic acids is 1. The molecule has 3 N–H and O–H groups in total. The zero-order valence-electron chi connectivity index (χ0n) is 15.4. The van der Waals surface area contributed by atoms with Crippen LogP contribution in [0.1, 0.15) is 38.1 Å². The minimum Gasteiger partial charge on any atom is -0.478 e. The summed E-state index contributed by atoms with van der Waals surface area (Å²) in [7, 11) is 1.39. The van der Waals surface area contributed by atoms with Crippen molar-refractivity contribution in [2.24, 2.45) is 0 Å². The van der Waals surface area contributed by atoms with Gasteiger partial charge in [0.25, 0.3) is 5.91 Å². The summed E-state index contributed by atoms with van der Waals surface area (Å²) in [5.74, 6) is -2.27. The molecule has 7 nitrogen and oxygen atoms in total. The van der Waals surface area contributed by atoms with Crippen molar-refractivity contribution in [2.75, 3.05) is 13.7 Å². The zero-order valence-corrected chi connectivity index (χ0v) is 16.1. The van der Waals surface area contributed by atoms with Crippen molar-refractivity contribution in [3.05, 3.63) is 63.9 Å². The van der Waals surface area contributed by atoms with Gasteiger partial charge in [-0.2, -0.15) is 13.2 Å². The van der Waals surface area contributed by atoms with Crippen LogP contribution in [-0.4, -0.2) is 40.7 Å². The summed E-state index contributed by atoms with van der Waals surface area (Å²) in [5.41, 5.74) is -1.52. The van der Waals surface area contributed by atoms with E-state index >= 15 is 0 Å². The highest BCUT2D eigenvalue weighted by atomic mass is 35.5. The number of aromatic amines is 1. The highest BCUT2D eigenvalue weighted by Crippen LogP contribution is 2.33. The molecule has 0 spiro atoms. The van der Waals surface area contributed by atoms with E-state index in [2.05, 4.69) is 15.3 Å². The van der Waals surface area contributed by atoms with Gasteiger partial charge in [0.1, 0.15) is 11.9 Å². The minimum absolute atomic E-state index is 0.0152. The summed E-state index contributed by atoms with van der Waals surface area (Å²) in [6.07, 6.45) is -4.94. The molecule has 0 saturated heterocycles. The Labute approximate surface area is 172 Å². The van der Waals surface area contributed by atoms with Crippen molar-refractivity contribution in [1.82, 2.24) is 15.3 Å². The van der Waals surface area contributed by atoms with E-state index in [-0.39, 0.29) is 12.2 Å². The number of methoxy groups -OCH3 is 1. The third-order valence-corrected chi connectivity index (χ3v) is 4.48. The summed E-state index contributed by atoms with van der Waals surface area (Å²) in [4.78, 5) is 31.0. The number of carbonyl (C=O) groups excluding carboxylic acids is 1. The maximum Gasteiger partial charge on any atom is 0.417 e. The molecule has 1 atom stereocenters. The van der Waals surface area contributed by atoms with Gasteiger partial charge in [-0.25, -0.2) is 9.78 Å². The number of carbonyl (C=O) groups is 2. The van der Waals surface area contributed by atoms with E-state index in [0.29, 0.717) is 27.9 Å². The van der Waals surface area contributed by atoms with Crippen LogP contribution in [0, 0.1) is 0 Å². The molecule has 2 aromatic carbocycles. The van der Waals surface area contributed by atoms with Crippen LogP contribution in [0.2, 0.25) is 5.02 Å². The second-order valence-corrected chi connectivity index (χ2v) is 6.76. The van der Waals surface area contributed by atoms with Gasteiger partial charge in [-0.1, -0.05) is 11.6 Å². The van der Waals surface area contributed by atoms with Crippen LogP contribution in [0.25, 0.3) is 11.0 Å². The van der Waals surface area contributed by atoms with Crippen molar-refractivity contribution in [3.8, 4) is 0 Å². The number of amides is 1. The fourth-order valence-electron chi connectivity index (χ4n) is 2.87. The van der Waals surface area contributed by atoms with E-state index in [1.54, 1.807) is 18.2 Å². The Kier molecular flexibility index (Phi) is 5.99. The Hall–Kier alpha value is -3.11. The second-order valence-electron chi connectivity index (χ2n) is 6.33. The number of aromatic carboxylic acids is 1. The second kappa shape index (κ2) is 8.33. The largest absolute Gasteiger partial charge is 0.478 e. The molecule has 0 aliphatic carbocycles. The lowest BCUT2D eigenvalue weighted by Crippen LogP contribution is -2.32. The maximum atomic E-state index is 13.2. The SMILES string of the molecule is COC[C@H](NC(=O)c1ccc(C(=O)O)c(C(F)(F)F)c1)c1nc2ccc(Cl)cc2[nH]1. The Balaban J connectivity index is 1.92. The number of imidazole rings is 1. The Morgan fingerprint density at radius 2 is 2.00 bits per heavy atom. The summed E-state index contributed by atoms with van der Waals surface area (Å²) < 4.78 is 44.7. The lowest BCUT2D eigenvalue weighted by atomic mass is 10.0. The predicted octanol–water partition coefficient (Wildman–Crippen LogP) is 4.05. The van der Waals surface area contributed by atoms with E-state index in [1.807, 2.05) is 0 Å². The number of ether oxygens (including phenoxy) is 1. The minimum atomic E-state index is -4.94. The number of rotatable bonds is 6. The van der Waals surface area contributed by atoms with Crippen LogP contribution in [0.5, 0.6) is 0 Å². The van der Waals surface area contributed by atoms with Crippen molar-refractivity contribution < 1.29 is 32.6 Å². The van der Waals surface area contributed by atoms with Gasteiger partial charge in [-0.05, 0) is 36.4 Å². The molecular formula is C19H15ClF3N3O4. The van der Waals surface area contributed by atoms with Gasteiger partial charge in [-0.3, -0.25) is 4.79 Å². The monoisotopic (exact) mass is 441 g/mol. The number of carboxylic acid groups (broad SMARTS) is 1. The average Bonchev–Trinajstić information content (AvgIpc) is 3.09. The molecule has 158 valence electrons. The van der Waals surface area contributed by atoms with E-state index in [9.17, 15) is 22.8 Å². The molecule has 11 heteroatoms. The number of H-pyrrole nitrogens is 1. The van der Waals surface area contributed by atoms with Gasteiger partial charge in [0, 0.05) is 17.7 Å². The van der Waals surface area contributed by atoms with E-state index < -0.39 is 35.2 Å². The van der Waals surface area contributed by atoms with Gasteiger partial charge in [0.2, 0.25) is 0 Å². The van der Waals surface area contributed by atoms with Crippen LogP contribution >= 0.6 is 11.6 Å². The van der Waals surface area contributed by atoms with Gasteiger partial charge >= 0.3 is 12.1 Å². The van der Waals surface area contributed by atoms with Gasteiger partial charge in [0.05, 0.1) is 28.8 Å². The topological polar surface area (TPSA) is 104 Å². The van der Waals surface area contributed by atoms with Gasteiger partial charge < -0.3 is 20.1 Å². The third-order valence-electron chi connectivity index (χ3n) is 4.25. The first-order chi connectivity index (χ1) is 14.1. The molecule has 0 aliphatic rings. The number of hydrogen-bond acceptors (Lipinski definition) is 4. The van der Waals surface area contributed by atoms with E-state index in [4.69, 9.17) is 21.4 Å². The highest BCUT2D eigenvalue weighted by Gasteiger charge is 2.36. The fraction of sp³-hybridized carbons (Fsp3) is 0.211. The lowest BCUT2D eigenvalue weighted by Gasteiger charge is -2.17. The number of aromatic nitrogens is 2. The van der Waals surface area contributed by atoms with Crippen molar-refractivity contribution in [1.29, 1.82) is 0 Å². The summed E-state index contributed by atoms with van der Waals surface area (Å²) in [5, 5.41) is 12.0. The lowest BCUT2D eigenvalue weighted by molar-refractivity contribution is -0.138. The number of benzene rings is 2. The predicted molar refractivity (Wildman–Crippen MR) is 102 cm³/mol. The van der Waals surface area contributed by atoms with Crippen LogP contribution < -0.4 is 5.32 Å². The molecule has 1 aromatic heterocycles. The molecule has 0 fully saturated rings. The smallest absolute Gasteiger partial charge is 0.417 e. The Morgan fingerprint density at radius 3 is 2.63 bits per heavy atom. The number of hydrogen-bond donors (Lipinski definition) is 3. The molecule has 0 saturated carbocycles. The first-order valence-electron chi connectivity index (χ1n) is 8.49. The highest BCUT2D eigenvalue weighted by molar-refractivity contribution is 6.31. The summed E-state index contributed by atoms with van der Waals surface area (Å²) >= 11 is 5.94. The molecule has 3 aromatic rings. The normalized spacial score (nSPS) is 12.7. The number of nitrogens with zero attached hydrogens (tertiary/aromatic N) is 1. The molecular weight excluding hydrogens is 427 g/mol. The van der Waals surface area contributed by atoms with Gasteiger partial charge in [-0.15, -0.1) is 0 Å². The summed E-state index contributed by atoms with van der Waals surface area (Å²) in [6.45, 7) is -0.0152. The Bertz CT molecular complexity index is 1110. The Morgan fingerprint density at radius 1 is 1.27 bits per heavy atom. The molecule has 3 rings (SSSR count). The van der Waals surface area contributed by atoms with E-state index in [0.717, 1.165) is 12.1 Å². The first-order valence-corrected chi connectivity index (χ1v) is 8.87.